The van der Waals surface area contributed by atoms with Crippen LogP contribution in [0.15, 0.2) is 41.8 Å². The largest absolute Gasteiger partial charge is 0.490 e. The smallest absolute Gasteiger partial charge is 0.263 e. The third-order valence-electron chi connectivity index (χ3n) is 4.37. The summed E-state index contributed by atoms with van der Waals surface area (Å²) in [5.74, 6) is 1.17. The lowest BCUT2D eigenvalue weighted by molar-refractivity contribution is -0.133. The third kappa shape index (κ3) is 5.01. The molecule has 1 aliphatic rings. The lowest BCUT2D eigenvalue weighted by Gasteiger charge is -2.22. The highest BCUT2D eigenvalue weighted by Gasteiger charge is 2.23. The van der Waals surface area contributed by atoms with Gasteiger partial charge in [0, 0.05) is 26.2 Å². The van der Waals surface area contributed by atoms with Gasteiger partial charge in [-0.1, -0.05) is 18.2 Å². The van der Waals surface area contributed by atoms with Crippen molar-refractivity contribution in [1.29, 1.82) is 0 Å². The molecule has 0 atom stereocenters. The van der Waals surface area contributed by atoms with Crippen LogP contribution < -0.4 is 9.47 Å². The Bertz CT molecular complexity index is 763. The van der Waals surface area contributed by atoms with E-state index in [4.69, 9.17) is 9.47 Å². The maximum absolute atomic E-state index is 12.6. The predicted octanol–water partition coefficient (Wildman–Crippen LogP) is 2.90. The molecule has 27 heavy (non-hydrogen) atoms. The summed E-state index contributed by atoms with van der Waals surface area (Å²) in [6, 6.07) is 11.1. The highest BCUT2D eigenvalue weighted by molar-refractivity contribution is 7.12. The van der Waals surface area contributed by atoms with Gasteiger partial charge in [0.05, 0.1) is 11.5 Å². The van der Waals surface area contributed by atoms with E-state index < -0.39 is 0 Å². The summed E-state index contributed by atoms with van der Waals surface area (Å²) in [5.41, 5.74) is 0. The fourth-order valence-corrected chi connectivity index (χ4v) is 3.69. The van der Waals surface area contributed by atoms with Crippen LogP contribution in [0.2, 0.25) is 0 Å². The van der Waals surface area contributed by atoms with Gasteiger partial charge >= 0.3 is 0 Å². The summed E-state index contributed by atoms with van der Waals surface area (Å²) in [4.78, 5) is 29.4. The van der Waals surface area contributed by atoms with Gasteiger partial charge in [-0.25, -0.2) is 0 Å². The number of carbonyl (C=O) groups excluding carboxylic acids is 2. The van der Waals surface area contributed by atoms with Crippen LogP contribution >= 0.6 is 11.3 Å². The van der Waals surface area contributed by atoms with Gasteiger partial charge in [0.1, 0.15) is 0 Å². The lowest BCUT2D eigenvalue weighted by Crippen LogP contribution is -2.39. The van der Waals surface area contributed by atoms with Gasteiger partial charge in [-0.2, -0.15) is 0 Å². The Hall–Kier alpha value is -2.54. The van der Waals surface area contributed by atoms with Gasteiger partial charge < -0.3 is 19.3 Å². The first kappa shape index (κ1) is 19.2. The van der Waals surface area contributed by atoms with Crippen molar-refractivity contribution in [2.75, 3.05) is 39.4 Å². The third-order valence-corrected chi connectivity index (χ3v) is 5.23. The molecule has 0 unspecified atom stereocenters. The molecule has 2 aromatic rings. The standard InChI is InChI=1S/C20H24N2O4S/c1-2-25-16-7-3-4-8-17(16)26-15-19(23)21-10-6-11-22(13-12-21)20(24)18-9-5-14-27-18/h3-5,7-9,14H,2,6,10-13,15H2,1H3. The topological polar surface area (TPSA) is 59.1 Å². The molecule has 1 aliphatic heterocycles. The Kier molecular flexibility index (Phi) is 6.70. The summed E-state index contributed by atoms with van der Waals surface area (Å²) >= 11 is 1.45. The molecule has 0 N–H and O–H groups in total. The van der Waals surface area contributed by atoms with Crippen LogP contribution in [0, 0.1) is 0 Å². The number of hydrogen-bond acceptors (Lipinski definition) is 5. The zero-order valence-electron chi connectivity index (χ0n) is 15.4. The highest BCUT2D eigenvalue weighted by Crippen LogP contribution is 2.26. The summed E-state index contributed by atoms with van der Waals surface area (Å²) in [6.07, 6.45) is 0.762. The SMILES string of the molecule is CCOc1ccccc1OCC(=O)N1CCCN(C(=O)c2cccs2)CC1. The van der Waals surface area contributed by atoms with Gasteiger partial charge in [-0.3, -0.25) is 9.59 Å². The van der Waals surface area contributed by atoms with Gasteiger partial charge in [-0.05, 0) is 36.9 Å². The van der Waals surface area contributed by atoms with Crippen LogP contribution in [0.1, 0.15) is 23.0 Å². The second-order valence-electron chi connectivity index (χ2n) is 6.17. The fourth-order valence-electron chi connectivity index (χ4n) is 3.00. The number of hydrogen-bond donors (Lipinski definition) is 0. The predicted molar refractivity (Wildman–Crippen MR) is 105 cm³/mol. The molecule has 2 amide bonds. The molecule has 1 aromatic carbocycles. The van der Waals surface area contributed by atoms with Crippen molar-refractivity contribution >= 4 is 23.2 Å². The maximum atomic E-state index is 12.6. The molecule has 1 saturated heterocycles. The van der Waals surface area contributed by atoms with Crippen molar-refractivity contribution in [3.8, 4) is 11.5 Å². The first-order valence-corrected chi connectivity index (χ1v) is 10.0. The van der Waals surface area contributed by atoms with Gasteiger partial charge in [0.15, 0.2) is 18.1 Å². The number of rotatable bonds is 6. The monoisotopic (exact) mass is 388 g/mol. The molecule has 1 fully saturated rings. The van der Waals surface area contributed by atoms with Crippen molar-refractivity contribution in [2.45, 2.75) is 13.3 Å². The number of thiophene rings is 1. The average Bonchev–Trinajstić information content (AvgIpc) is 3.11. The van der Waals surface area contributed by atoms with Crippen LogP contribution in [0.4, 0.5) is 0 Å². The fraction of sp³-hybridized carbons (Fsp3) is 0.400. The van der Waals surface area contributed by atoms with E-state index in [1.165, 1.54) is 11.3 Å². The van der Waals surface area contributed by atoms with Crippen LogP contribution in [-0.2, 0) is 4.79 Å². The Morgan fingerprint density at radius 2 is 1.67 bits per heavy atom. The van der Waals surface area contributed by atoms with Crippen molar-refractivity contribution in [3.63, 3.8) is 0 Å². The molecule has 0 bridgehead atoms. The van der Waals surface area contributed by atoms with Crippen molar-refractivity contribution in [3.05, 3.63) is 46.7 Å². The zero-order chi connectivity index (χ0) is 19.1. The van der Waals surface area contributed by atoms with Crippen molar-refractivity contribution in [2.24, 2.45) is 0 Å². The average molecular weight is 388 g/mol. The Morgan fingerprint density at radius 1 is 0.963 bits per heavy atom. The molecular formula is C20H24N2O4S. The van der Waals surface area contributed by atoms with Crippen LogP contribution in [0.25, 0.3) is 0 Å². The van der Waals surface area contributed by atoms with Crippen LogP contribution in [-0.4, -0.2) is 61.0 Å². The summed E-state index contributed by atoms with van der Waals surface area (Å²) in [7, 11) is 0. The second-order valence-corrected chi connectivity index (χ2v) is 7.12. The van der Waals surface area contributed by atoms with E-state index in [0.29, 0.717) is 44.3 Å². The van der Waals surface area contributed by atoms with E-state index in [0.717, 1.165) is 11.3 Å². The van der Waals surface area contributed by atoms with E-state index in [1.54, 1.807) is 11.0 Å². The summed E-state index contributed by atoms with van der Waals surface area (Å²) < 4.78 is 11.2. The van der Waals surface area contributed by atoms with Crippen molar-refractivity contribution < 1.29 is 19.1 Å². The molecule has 144 valence electrons. The first-order chi connectivity index (χ1) is 13.2. The van der Waals surface area contributed by atoms with E-state index in [2.05, 4.69) is 0 Å². The molecule has 0 spiro atoms. The summed E-state index contributed by atoms with van der Waals surface area (Å²) in [5, 5.41) is 1.90. The minimum atomic E-state index is -0.0771. The molecule has 0 aliphatic carbocycles. The molecular weight excluding hydrogens is 364 g/mol. The molecule has 3 rings (SSSR count). The van der Waals surface area contributed by atoms with Gasteiger partial charge in [-0.15, -0.1) is 11.3 Å². The normalized spacial score (nSPS) is 14.6. The molecule has 6 nitrogen and oxygen atoms in total. The first-order valence-electron chi connectivity index (χ1n) is 9.14. The lowest BCUT2D eigenvalue weighted by atomic mass is 10.3. The minimum Gasteiger partial charge on any atom is -0.490 e. The summed E-state index contributed by atoms with van der Waals surface area (Å²) in [6.45, 7) is 4.75. The molecule has 0 radical (unpaired) electrons. The number of benzene rings is 1. The van der Waals surface area contributed by atoms with Crippen molar-refractivity contribution in [1.82, 2.24) is 9.80 Å². The van der Waals surface area contributed by atoms with E-state index in [1.807, 2.05) is 47.5 Å². The number of para-hydroxylation sites is 2. The number of carbonyl (C=O) groups is 2. The van der Waals surface area contributed by atoms with E-state index >= 15 is 0 Å². The Balaban J connectivity index is 1.53. The maximum Gasteiger partial charge on any atom is 0.263 e. The van der Waals surface area contributed by atoms with Gasteiger partial charge in [0.25, 0.3) is 11.8 Å². The number of ether oxygens (including phenoxy) is 2. The minimum absolute atomic E-state index is 0.0387. The Morgan fingerprint density at radius 3 is 2.37 bits per heavy atom. The quantitative estimate of drug-likeness (QED) is 0.764. The zero-order valence-corrected chi connectivity index (χ0v) is 16.2. The number of nitrogens with zero attached hydrogens (tertiary/aromatic N) is 2. The molecule has 1 aromatic heterocycles. The van der Waals surface area contributed by atoms with E-state index in [-0.39, 0.29) is 18.4 Å². The van der Waals surface area contributed by atoms with Crippen LogP contribution in [0.5, 0.6) is 11.5 Å². The molecule has 2 heterocycles. The van der Waals surface area contributed by atoms with Crippen LogP contribution in [0.3, 0.4) is 0 Å². The molecule has 0 saturated carbocycles. The van der Waals surface area contributed by atoms with Gasteiger partial charge in [0.2, 0.25) is 0 Å². The Labute approximate surface area is 163 Å². The number of amides is 2. The molecule has 7 heteroatoms. The highest BCUT2D eigenvalue weighted by atomic mass is 32.1. The second kappa shape index (κ2) is 9.41. The van der Waals surface area contributed by atoms with E-state index in [9.17, 15) is 9.59 Å².